The van der Waals surface area contributed by atoms with E-state index < -0.39 is 4.92 Å². The summed E-state index contributed by atoms with van der Waals surface area (Å²) in [6.45, 7) is -0.212. The zero-order valence-electron chi connectivity index (χ0n) is 13.5. The van der Waals surface area contributed by atoms with Gasteiger partial charge >= 0.3 is 0 Å². The number of aryl methyl sites for hydroxylation is 1. The largest absolute Gasteiger partial charge is 0.484 e. The van der Waals surface area contributed by atoms with Gasteiger partial charge in [0, 0.05) is 17.7 Å². The molecule has 3 rings (SSSR count). The van der Waals surface area contributed by atoms with Crippen LogP contribution in [0.3, 0.4) is 0 Å². The maximum absolute atomic E-state index is 11.9. The molecule has 2 aromatic carbocycles. The SMILES string of the molecule is O=C(COc1ccc([N+](=O)[O-])cc1)NN=C1CCCc2ccccc21. The fourth-order valence-corrected chi connectivity index (χ4v) is 2.69. The van der Waals surface area contributed by atoms with E-state index in [0.717, 1.165) is 30.5 Å². The number of carbonyl (C=O) groups excluding carboxylic acids is 1. The van der Waals surface area contributed by atoms with Crippen molar-refractivity contribution in [2.24, 2.45) is 5.10 Å². The Kier molecular flexibility index (Phi) is 5.03. The lowest BCUT2D eigenvalue weighted by atomic mass is 9.90. The van der Waals surface area contributed by atoms with Crippen molar-refractivity contribution in [3.8, 4) is 5.75 Å². The Bertz CT molecular complexity index is 815. The van der Waals surface area contributed by atoms with Crippen molar-refractivity contribution >= 4 is 17.3 Å². The van der Waals surface area contributed by atoms with Gasteiger partial charge in [0.05, 0.1) is 10.6 Å². The lowest BCUT2D eigenvalue weighted by Crippen LogP contribution is -2.26. The third-order valence-electron chi connectivity index (χ3n) is 3.92. The standard InChI is InChI=1S/C18H17N3O4/c22-18(12-25-15-10-8-14(9-11-15)21(23)24)20-19-17-7-3-5-13-4-1-2-6-16(13)17/h1-2,4,6,8-11H,3,5,7,12H2,(H,20,22). The van der Waals surface area contributed by atoms with Crippen molar-refractivity contribution in [2.45, 2.75) is 19.3 Å². The summed E-state index contributed by atoms with van der Waals surface area (Å²) in [6.07, 6.45) is 2.85. The highest BCUT2D eigenvalue weighted by Gasteiger charge is 2.15. The minimum Gasteiger partial charge on any atom is -0.484 e. The Morgan fingerprint density at radius 2 is 1.92 bits per heavy atom. The van der Waals surface area contributed by atoms with Crippen LogP contribution in [0, 0.1) is 10.1 Å². The quantitative estimate of drug-likeness (QED) is 0.669. The summed E-state index contributed by atoms with van der Waals surface area (Å²) < 4.78 is 5.31. The van der Waals surface area contributed by atoms with Crippen molar-refractivity contribution in [1.29, 1.82) is 0 Å². The fourth-order valence-electron chi connectivity index (χ4n) is 2.69. The van der Waals surface area contributed by atoms with E-state index in [1.807, 2.05) is 18.2 Å². The third-order valence-corrected chi connectivity index (χ3v) is 3.92. The number of nitrogens with one attached hydrogen (secondary N) is 1. The Hall–Kier alpha value is -3.22. The molecule has 1 aliphatic rings. The maximum Gasteiger partial charge on any atom is 0.277 e. The summed E-state index contributed by atoms with van der Waals surface area (Å²) in [6, 6.07) is 13.6. The van der Waals surface area contributed by atoms with E-state index in [1.165, 1.54) is 29.8 Å². The molecule has 0 radical (unpaired) electrons. The molecule has 0 aliphatic heterocycles. The lowest BCUT2D eigenvalue weighted by molar-refractivity contribution is -0.384. The number of fused-ring (bicyclic) bond motifs is 1. The van der Waals surface area contributed by atoms with Crippen LogP contribution in [0.15, 0.2) is 53.6 Å². The molecule has 1 amide bonds. The van der Waals surface area contributed by atoms with Crippen molar-refractivity contribution in [3.63, 3.8) is 0 Å². The number of amides is 1. The predicted octanol–water partition coefficient (Wildman–Crippen LogP) is 2.83. The van der Waals surface area contributed by atoms with E-state index in [1.54, 1.807) is 0 Å². The van der Waals surface area contributed by atoms with Gasteiger partial charge in [0.2, 0.25) is 0 Å². The summed E-state index contributed by atoms with van der Waals surface area (Å²) in [5, 5.41) is 14.8. The molecule has 0 heterocycles. The third kappa shape index (κ3) is 4.20. The van der Waals surface area contributed by atoms with E-state index in [4.69, 9.17) is 4.74 Å². The fraction of sp³-hybridized carbons (Fsp3) is 0.222. The molecule has 0 aromatic heterocycles. The van der Waals surface area contributed by atoms with Gasteiger partial charge in [-0.2, -0.15) is 5.10 Å². The summed E-state index contributed by atoms with van der Waals surface area (Å²) in [4.78, 5) is 22.0. The number of hydrogen-bond acceptors (Lipinski definition) is 5. The first-order valence-corrected chi connectivity index (χ1v) is 7.94. The van der Waals surface area contributed by atoms with Crippen molar-refractivity contribution in [1.82, 2.24) is 5.43 Å². The second-order valence-corrected chi connectivity index (χ2v) is 5.64. The molecule has 0 fully saturated rings. The van der Waals surface area contributed by atoms with Gasteiger partial charge in [-0.05, 0) is 37.0 Å². The number of hydrazone groups is 1. The molecular formula is C18H17N3O4. The number of nitrogens with zero attached hydrogens (tertiary/aromatic N) is 2. The number of hydrogen-bond donors (Lipinski definition) is 1. The molecule has 0 saturated heterocycles. The number of carbonyl (C=O) groups is 1. The Labute approximate surface area is 144 Å². The van der Waals surface area contributed by atoms with E-state index in [2.05, 4.69) is 16.6 Å². The van der Waals surface area contributed by atoms with Crippen LogP contribution in [-0.4, -0.2) is 23.1 Å². The van der Waals surface area contributed by atoms with Crippen molar-refractivity contribution in [3.05, 3.63) is 69.8 Å². The normalized spacial score (nSPS) is 14.6. The van der Waals surface area contributed by atoms with Crippen molar-refractivity contribution in [2.75, 3.05) is 6.61 Å². The number of nitro groups is 1. The highest BCUT2D eigenvalue weighted by atomic mass is 16.6. The van der Waals surface area contributed by atoms with Gasteiger partial charge in [-0.3, -0.25) is 14.9 Å². The summed E-state index contributed by atoms with van der Waals surface area (Å²) in [5.74, 6) is 0.00493. The Morgan fingerprint density at radius 3 is 2.68 bits per heavy atom. The molecule has 0 bridgehead atoms. The minimum absolute atomic E-state index is 0.0286. The molecule has 7 heteroatoms. The summed E-state index contributed by atoms with van der Waals surface area (Å²) >= 11 is 0. The molecule has 1 aliphatic carbocycles. The molecule has 25 heavy (non-hydrogen) atoms. The zero-order valence-corrected chi connectivity index (χ0v) is 13.5. The topological polar surface area (TPSA) is 93.8 Å². The molecule has 7 nitrogen and oxygen atoms in total. The summed E-state index contributed by atoms with van der Waals surface area (Å²) in [5.41, 5.74) is 5.66. The van der Waals surface area contributed by atoms with Crippen LogP contribution >= 0.6 is 0 Å². The maximum atomic E-state index is 11.9. The first kappa shape index (κ1) is 16.6. The molecule has 1 N–H and O–H groups in total. The highest BCUT2D eigenvalue weighted by molar-refractivity contribution is 6.03. The average Bonchev–Trinajstić information content (AvgIpc) is 2.65. The van der Waals surface area contributed by atoms with E-state index in [-0.39, 0.29) is 18.2 Å². The van der Waals surface area contributed by atoms with Gasteiger partial charge in [-0.25, -0.2) is 5.43 Å². The van der Waals surface area contributed by atoms with Gasteiger partial charge < -0.3 is 4.74 Å². The van der Waals surface area contributed by atoms with E-state index in [0.29, 0.717) is 5.75 Å². The smallest absolute Gasteiger partial charge is 0.277 e. The number of benzene rings is 2. The number of rotatable bonds is 5. The molecule has 0 unspecified atom stereocenters. The van der Waals surface area contributed by atoms with Gasteiger partial charge in [0.15, 0.2) is 6.61 Å². The highest BCUT2D eigenvalue weighted by Crippen LogP contribution is 2.21. The van der Waals surface area contributed by atoms with Gasteiger partial charge in [-0.15, -0.1) is 0 Å². The van der Waals surface area contributed by atoms with Gasteiger partial charge in [-0.1, -0.05) is 24.3 Å². The van der Waals surface area contributed by atoms with Crippen LogP contribution in [0.25, 0.3) is 0 Å². The average molecular weight is 339 g/mol. The van der Waals surface area contributed by atoms with Crippen LogP contribution < -0.4 is 10.2 Å². The number of ether oxygens (including phenoxy) is 1. The summed E-state index contributed by atoms with van der Waals surface area (Å²) in [7, 11) is 0. The minimum atomic E-state index is -0.491. The first-order valence-electron chi connectivity index (χ1n) is 7.94. The first-order chi connectivity index (χ1) is 12.1. The van der Waals surface area contributed by atoms with Crippen LogP contribution in [0.1, 0.15) is 24.0 Å². The number of nitro benzene ring substituents is 1. The van der Waals surface area contributed by atoms with Crippen LogP contribution in [-0.2, 0) is 11.2 Å². The van der Waals surface area contributed by atoms with E-state index in [9.17, 15) is 14.9 Å². The van der Waals surface area contributed by atoms with Crippen molar-refractivity contribution < 1.29 is 14.5 Å². The van der Waals surface area contributed by atoms with E-state index >= 15 is 0 Å². The van der Waals surface area contributed by atoms with Crippen LogP contribution in [0.5, 0.6) is 5.75 Å². The monoisotopic (exact) mass is 339 g/mol. The molecule has 128 valence electrons. The molecule has 0 saturated carbocycles. The molecule has 2 aromatic rings. The molecular weight excluding hydrogens is 322 g/mol. The molecule has 0 spiro atoms. The van der Waals surface area contributed by atoms with Crippen LogP contribution in [0.4, 0.5) is 5.69 Å². The second kappa shape index (κ2) is 7.57. The number of non-ortho nitro benzene ring substituents is 1. The predicted molar refractivity (Wildman–Crippen MR) is 92.7 cm³/mol. The Morgan fingerprint density at radius 1 is 1.16 bits per heavy atom. The Balaban J connectivity index is 1.56. The molecule has 0 atom stereocenters. The second-order valence-electron chi connectivity index (χ2n) is 5.64. The van der Waals surface area contributed by atoms with Gasteiger partial charge in [0.1, 0.15) is 5.75 Å². The zero-order chi connectivity index (χ0) is 17.6. The van der Waals surface area contributed by atoms with Crippen LogP contribution in [0.2, 0.25) is 0 Å². The van der Waals surface area contributed by atoms with Gasteiger partial charge in [0.25, 0.3) is 11.6 Å². The lowest BCUT2D eigenvalue weighted by Gasteiger charge is -2.17.